The van der Waals surface area contributed by atoms with Gasteiger partial charge in [-0.1, -0.05) is 5.46 Å². The predicted octanol–water partition coefficient (Wildman–Crippen LogP) is 1.91. The molecule has 2 N–H and O–H groups in total. The van der Waals surface area contributed by atoms with Crippen molar-refractivity contribution in [3.8, 4) is 0 Å². The Morgan fingerprint density at radius 3 is 2.78 bits per heavy atom. The maximum absolute atomic E-state index is 6.08. The van der Waals surface area contributed by atoms with E-state index in [4.69, 9.17) is 13.6 Å². The summed E-state index contributed by atoms with van der Waals surface area (Å²) in [6.07, 6.45) is 4.59. The molecule has 88 valence electrons. The lowest BCUT2D eigenvalue weighted by Crippen LogP contribution is -2.15. The number of anilines is 1. The molecule has 1 heterocycles. The Morgan fingerprint density at radius 1 is 1.17 bits per heavy atom. The molecule has 2 radical (unpaired) electrons. The minimum Gasteiger partial charge on any atom is -0.399 e. The van der Waals surface area contributed by atoms with Gasteiger partial charge in [0.05, 0.1) is 0 Å². The second kappa shape index (κ2) is 4.43. The second-order valence-corrected chi connectivity index (χ2v) is 5.60. The molecule has 0 saturated carbocycles. The largest absolute Gasteiger partial charge is 0.399 e. The molecule has 1 aromatic carbocycles. The number of aromatic nitrogens is 1. The van der Waals surface area contributed by atoms with Gasteiger partial charge in [0, 0.05) is 28.5 Å². The van der Waals surface area contributed by atoms with Gasteiger partial charge in [-0.15, -0.1) is 0 Å². The summed E-state index contributed by atoms with van der Waals surface area (Å²) < 4.78 is 1.03. The van der Waals surface area contributed by atoms with E-state index < -0.39 is 0 Å². The van der Waals surface area contributed by atoms with Gasteiger partial charge < -0.3 is 5.73 Å². The molecule has 1 aliphatic carbocycles. The van der Waals surface area contributed by atoms with Crippen LogP contribution in [0, 0.1) is 0 Å². The van der Waals surface area contributed by atoms with Crippen molar-refractivity contribution in [1.29, 1.82) is 0 Å². The number of nitrogens with two attached hydrogens (primary N) is 1. The SMILES string of the molecule is [B]c1cc(N)cc2c1Cc1ncc(Br)cc1CC2. The smallest absolute Gasteiger partial charge is 0.114 e. The van der Waals surface area contributed by atoms with Crippen LogP contribution >= 0.6 is 15.9 Å². The highest BCUT2D eigenvalue weighted by atomic mass is 79.9. The highest BCUT2D eigenvalue weighted by Crippen LogP contribution is 2.25. The number of halogens is 1. The third-order valence-corrected chi connectivity index (χ3v) is 3.87. The molecular weight excluding hydrogens is 287 g/mol. The number of hydrogen-bond donors (Lipinski definition) is 1. The molecule has 0 spiro atoms. The van der Waals surface area contributed by atoms with E-state index in [1.54, 1.807) is 0 Å². The lowest BCUT2D eigenvalue weighted by molar-refractivity contribution is 0.950. The summed E-state index contributed by atoms with van der Waals surface area (Å²) in [6.45, 7) is 0. The Morgan fingerprint density at radius 2 is 1.94 bits per heavy atom. The quantitative estimate of drug-likeness (QED) is 0.596. The number of fused-ring (bicyclic) bond motifs is 2. The average Bonchev–Trinajstić information content (AvgIpc) is 2.49. The topological polar surface area (TPSA) is 38.9 Å². The molecule has 0 bridgehead atoms. The van der Waals surface area contributed by atoms with Gasteiger partial charge in [-0.05, 0) is 63.7 Å². The van der Waals surface area contributed by atoms with Crippen LogP contribution in [0.5, 0.6) is 0 Å². The van der Waals surface area contributed by atoms with Crippen LogP contribution in [0.15, 0.2) is 28.9 Å². The summed E-state index contributed by atoms with van der Waals surface area (Å²) >= 11 is 3.47. The molecule has 18 heavy (non-hydrogen) atoms. The minimum atomic E-state index is 0.742. The highest BCUT2D eigenvalue weighted by Gasteiger charge is 2.16. The molecule has 3 rings (SSSR count). The van der Waals surface area contributed by atoms with Crippen molar-refractivity contribution in [3.63, 3.8) is 0 Å². The zero-order chi connectivity index (χ0) is 12.7. The minimum absolute atomic E-state index is 0.742. The Bertz CT molecular complexity index is 625. The van der Waals surface area contributed by atoms with Gasteiger partial charge >= 0.3 is 0 Å². The van der Waals surface area contributed by atoms with E-state index in [0.717, 1.165) is 40.6 Å². The van der Waals surface area contributed by atoms with Crippen LogP contribution in [-0.4, -0.2) is 12.8 Å². The summed E-state index contributed by atoms with van der Waals surface area (Å²) in [5.41, 5.74) is 12.2. The first-order valence-corrected chi connectivity index (χ1v) is 6.73. The van der Waals surface area contributed by atoms with Crippen LogP contribution in [0.3, 0.4) is 0 Å². The van der Waals surface area contributed by atoms with Crippen LogP contribution in [0.25, 0.3) is 0 Å². The zero-order valence-electron chi connectivity index (χ0n) is 9.91. The van der Waals surface area contributed by atoms with Crippen LogP contribution in [0.4, 0.5) is 5.69 Å². The lowest BCUT2D eigenvalue weighted by Gasteiger charge is -2.11. The molecule has 1 aromatic heterocycles. The predicted molar refractivity (Wildman–Crippen MR) is 78.4 cm³/mol. The van der Waals surface area contributed by atoms with Crippen molar-refractivity contribution >= 4 is 34.9 Å². The van der Waals surface area contributed by atoms with Crippen molar-refractivity contribution in [2.45, 2.75) is 19.3 Å². The third-order valence-electron chi connectivity index (χ3n) is 3.43. The Labute approximate surface area is 116 Å². The number of rotatable bonds is 0. The van der Waals surface area contributed by atoms with E-state index in [1.165, 1.54) is 16.7 Å². The van der Waals surface area contributed by atoms with Gasteiger partial charge in [0.2, 0.25) is 0 Å². The first-order chi connectivity index (χ1) is 8.63. The molecule has 0 aliphatic heterocycles. The van der Waals surface area contributed by atoms with Gasteiger partial charge in [0.15, 0.2) is 0 Å². The first-order valence-electron chi connectivity index (χ1n) is 5.93. The molecule has 1 aliphatic rings. The van der Waals surface area contributed by atoms with Crippen LogP contribution < -0.4 is 11.2 Å². The fourth-order valence-electron chi connectivity index (χ4n) is 2.54. The van der Waals surface area contributed by atoms with Gasteiger partial charge in [0.1, 0.15) is 7.85 Å². The molecule has 0 unspecified atom stereocenters. The van der Waals surface area contributed by atoms with Gasteiger partial charge in [0.25, 0.3) is 0 Å². The molecule has 4 heteroatoms. The van der Waals surface area contributed by atoms with Crippen LogP contribution in [-0.2, 0) is 19.3 Å². The van der Waals surface area contributed by atoms with Gasteiger partial charge in [-0.3, -0.25) is 4.98 Å². The van der Waals surface area contributed by atoms with Crippen molar-refractivity contribution in [3.05, 3.63) is 51.3 Å². The van der Waals surface area contributed by atoms with E-state index in [2.05, 4.69) is 27.0 Å². The molecule has 0 atom stereocenters. The summed E-state index contributed by atoms with van der Waals surface area (Å²) in [4.78, 5) is 4.51. The van der Waals surface area contributed by atoms with Crippen molar-refractivity contribution in [2.75, 3.05) is 5.73 Å². The third kappa shape index (κ3) is 2.05. The van der Waals surface area contributed by atoms with E-state index in [0.29, 0.717) is 0 Å². The zero-order valence-corrected chi connectivity index (χ0v) is 11.5. The monoisotopic (exact) mass is 298 g/mol. The van der Waals surface area contributed by atoms with Gasteiger partial charge in [-0.2, -0.15) is 0 Å². The molecule has 0 saturated heterocycles. The maximum Gasteiger partial charge on any atom is 0.114 e. The number of benzene rings is 1. The van der Waals surface area contributed by atoms with Crippen LogP contribution in [0.1, 0.15) is 22.4 Å². The van der Waals surface area contributed by atoms with Crippen molar-refractivity contribution in [2.24, 2.45) is 0 Å². The second-order valence-electron chi connectivity index (χ2n) is 4.68. The normalized spacial score (nSPS) is 13.6. The number of nitrogens with zero attached hydrogens (tertiary/aromatic N) is 1. The van der Waals surface area contributed by atoms with Crippen molar-refractivity contribution < 1.29 is 0 Å². The lowest BCUT2D eigenvalue weighted by atomic mass is 9.85. The Balaban J connectivity index is 2.12. The molecule has 0 fully saturated rings. The highest BCUT2D eigenvalue weighted by molar-refractivity contribution is 9.10. The summed E-state index contributed by atoms with van der Waals surface area (Å²) in [6, 6.07) is 6.02. The maximum atomic E-state index is 6.08. The molecule has 2 aromatic rings. The fourth-order valence-corrected chi connectivity index (χ4v) is 2.92. The van der Waals surface area contributed by atoms with E-state index in [9.17, 15) is 0 Å². The molecular formula is C14H12BBrN2. The number of pyridine rings is 1. The molecule has 2 nitrogen and oxygen atoms in total. The van der Waals surface area contributed by atoms with Gasteiger partial charge in [-0.25, -0.2) is 0 Å². The number of aryl methyl sites for hydroxylation is 2. The average molecular weight is 299 g/mol. The number of hydrogen-bond acceptors (Lipinski definition) is 2. The number of nitrogen functional groups attached to an aromatic ring is 1. The van der Waals surface area contributed by atoms with E-state index in [-0.39, 0.29) is 0 Å². The molecule has 0 amide bonds. The van der Waals surface area contributed by atoms with E-state index in [1.807, 2.05) is 18.3 Å². The summed E-state index contributed by atoms with van der Waals surface area (Å²) in [5, 5.41) is 0. The van der Waals surface area contributed by atoms with E-state index >= 15 is 0 Å². The Kier molecular flexibility index (Phi) is 2.90. The van der Waals surface area contributed by atoms with Crippen molar-refractivity contribution in [1.82, 2.24) is 4.98 Å². The van der Waals surface area contributed by atoms with Crippen LogP contribution in [0.2, 0.25) is 0 Å². The fraction of sp³-hybridized carbons (Fsp3) is 0.214. The Hall–Kier alpha value is -1.29. The standard InChI is InChI=1S/C14H12BBrN2/c15-13-5-11(17)4-8-1-2-9-3-10(16)7-18-14(9)6-12(8)13/h3-5,7H,1-2,6,17H2. The summed E-state index contributed by atoms with van der Waals surface area (Å²) in [7, 11) is 6.08. The first kappa shape index (κ1) is 11.8. The summed E-state index contributed by atoms with van der Waals surface area (Å²) in [5.74, 6) is 0.